The average Bonchev–Trinajstić information content (AvgIpc) is 1.83. The number of rotatable bonds is 1. The summed E-state index contributed by atoms with van der Waals surface area (Å²) in [5, 5.41) is 0. The van der Waals surface area contributed by atoms with Gasteiger partial charge < -0.3 is 10.6 Å². The minimum absolute atomic E-state index is 0.469. The van der Waals surface area contributed by atoms with Gasteiger partial charge in [0.05, 0.1) is 0 Å². The van der Waals surface area contributed by atoms with E-state index in [0.717, 1.165) is 13.0 Å². The lowest BCUT2D eigenvalue weighted by molar-refractivity contribution is 0.00298. The first-order chi connectivity index (χ1) is 5.35. The monoisotopic (exact) mass is 174 g/mol. The Balaban J connectivity index is 2.70. The zero-order valence-electron chi connectivity index (χ0n) is 8.23. The molecule has 2 nitrogen and oxygen atoms in total. The van der Waals surface area contributed by atoms with Crippen molar-refractivity contribution >= 4 is 0 Å². The summed E-state index contributed by atoms with van der Waals surface area (Å²) < 4.78 is 14.2. The molecule has 1 fully saturated rings. The Labute approximate surface area is 73.9 Å². The molecule has 0 amide bonds. The Morgan fingerprint density at radius 3 is 2.42 bits per heavy atom. The van der Waals surface area contributed by atoms with Crippen molar-refractivity contribution in [3.8, 4) is 0 Å². The number of hydrogen-bond donors (Lipinski definition) is 1. The van der Waals surface area contributed by atoms with Gasteiger partial charge in [-0.2, -0.15) is 0 Å². The fourth-order valence-electron chi connectivity index (χ4n) is 1.74. The molecule has 1 rings (SSSR count). The van der Waals surface area contributed by atoms with Crippen LogP contribution in [0, 0.1) is 0 Å². The maximum Gasteiger partial charge on any atom is 0.140 e. The maximum atomic E-state index is 14.2. The number of nitrogens with two attached hydrogens (primary N) is 1. The minimum Gasteiger partial charge on any atom is -0.323 e. The van der Waals surface area contributed by atoms with Crippen LogP contribution in [-0.2, 0) is 0 Å². The molecule has 2 N–H and O–H groups in total. The van der Waals surface area contributed by atoms with Crippen LogP contribution in [0.3, 0.4) is 0 Å². The standard InChI is InChI=1S/C9H19FN2/c1-8(2,11)9(10)5-4-6-12(3)7-9/h4-7,11H2,1-3H3. The highest BCUT2D eigenvalue weighted by Gasteiger charge is 2.45. The molecular formula is C9H19FN2. The lowest BCUT2D eigenvalue weighted by Crippen LogP contribution is -2.60. The average molecular weight is 174 g/mol. The van der Waals surface area contributed by atoms with Crippen LogP contribution >= 0.6 is 0 Å². The van der Waals surface area contributed by atoms with E-state index in [-0.39, 0.29) is 0 Å². The summed E-state index contributed by atoms with van der Waals surface area (Å²) in [5.74, 6) is 0. The van der Waals surface area contributed by atoms with Crippen molar-refractivity contribution in [1.82, 2.24) is 4.90 Å². The SMILES string of the molecule is CN1CCCC(F)(C(C)(C)N)C1. The van der Waals surface area contributed by atoms with Crippen LogP contribution in [0.15, 0.2) is 0 Å². The van der Waals surface area contributed by atoms with Gasteiger partial charge in [-0.15, -0.1) is 0 Å². The van der Waals surface area contributed by atoms with Crippen molar-refractivity contribution in [2.24, 2.45) is 5.73 Å². The van der Waals surface area contributed by atoms with Gasteiger partial charge in [0.2, 0.25) is 0 Å². The molecule has 12 heavy (non-hydrogen) atoms. The molecule has 0 aromatic rings. The summed E-state index contributed by atoms with van der Waals surface area (Å²) in [5.41, 5.74) is 3.88. The summed E-state index contributed by atoms with van der Waals surface area (Å²) in [6.45, 7) is 5.00. The predicted octanol–water partition coefficient (Wildman–Crippen LogP) is 1.16. The lowest BCUT2D eigenvalue weighted by atomic mass is 9.79. The van der Waals surface area contributed by atoms with Crippen molar-refractivity contribution < 1.29 is 4.39 Å². The molecule has 1 unspecified atom stereocenters. The molecule has 1 atom stereocenters. The quantitative estimate of drug-likeness (QED) is 0.646. The molecular weight excluding hydrogens is 155 g/mol. The molecule has 3 heteroatoms. The highest BCUT2D eigenvalue weighted by Crippen LogP contribution is 2.33. The van der Waals surface area contributed by atoms with Crippen molar-refractivity contribution in [2.45, 2.75) is 37.9 Å². The molecule has 1 heterocycles. The van der Waals surface area contributed by atoms with Crippen LogP contribution in [0.4, 0.5) is 4.39 Å². The minimum atomic E-state index is -1.21. The first-order valence-electron chi connectivity index (χ1n) is 4.51. The summed E-state index contributed by atoms with van der Waals surface area (Å²) in [6, 6.07) is 0. The number of hydrogen-bond acceptors (Lipinski definition) is 2. The van der Waals surface area contributed by atoms with Crippen LogP contribution in [0.25, 0.3) is 0 Å². The van der Waals surface area contributed by atoms with E-state index >= 15 is 0 Å². The van der Waals surface area contributed by atoms with Gasteiger partial charge in [0.15, 0.2) is 0 Å². The zero-order chi connectivity index (χ0) is 9.41. The number of alkyl halides is 1. The Hall–Kier alpha value is -0.150. The van der Waals surface area contributed by atoms with Gasteiger partial charge in [0.1, 0.15) is 5.67 Å². The first-order valence-corrected chi connectivity index (χ1v) is 4.51. The number of likely N-dealkylation sites (tertiary alicyclic amines) is 1. The Kier molecular flexibility index (Phi) is 2.45. The van der Waals surface area contributed by atoms with Gasteiger partial charge in [-0.05, 0) is 40.3 Å². The highest BCUT2D eigenvalue weighted by atomic mass is 19.1. The predicted molar refractivity (Wildman–Crippen MR) is 48.8 cm³/mol. The van der Waals surface area contributed by atoms with Gasteiger partial charge >= 0.3 is 0 Å². The van der Waals surface area contributed by atoms with Crippen LogP contribution in [-0.4, -0.2) is 36.2 Å². The highest BCUT2D eigenvalue weighted by molar-refractivity contribution is 5.01. The second kappa shape index (κ2) is 2.96. The number of nitrogens with zero attached hydrogens (tertiary/aromatic N) is 1. The van der Waals surface area contributed by atoms with E-state index in [4.69, 9.17) is 5.73 Å². The molecule has 0 bridgehead atoms. The summed E-state index contributed by atoms with van der Waals surface area (Å²) in [7, 11) is 1.94. The van der Waals surface area contributed by atoms with E-state index in [9.17, 15) is 4.39 Å². The molecule has 0 saturated carbocycles. The second-order valence-electron chi connectivity index (χ2n) is 4.53. The fourth-order valence-corrected chi connectivity index (χ4v) is 1.74. The van der Waals surface area contributed by atoms with Crippen molar-refractivity contribution in [1.29, 1.82) is 0 Å². The molecule has 1 aliphatic rings. The third kappa shape index (κ3) is 1.77. The van der Waals surface area contributed by atoms with Gasteiger partial charge in [-0.3, -0.25) is 0 Å². The molecule has 0 spiro atoms. The molecule has 1 aliphatic heterocycles. The Bertz CT molecular complexity index is 164. The maximum absolute atomic E-state index is 14.2. The van der Waals surface area contributed by atoms with Gasteiger partial charge in [0.25, 0.3) is 0 Å². The Morgan fingerprint density at radius 1 is 1.50 bits per heavy atom. The van der Waals surface area contributed by atoms with Crippen LogP contribution < -0.4 is 5.73 Å². The third-order valence-electron chi connectivity index (χ3n) is 2.79. The molecule has 0 radical (unpaired) electrons. The zero-order valence-corrected chi connectivity index (χ0v) is 8.23. The fraction of sp³-hybridized carbons (Fsp3) is 1.00. The molecule has 0 aromatic carbocycles. The lowest BCUT2D eigenvalue weighted by Gasteiger charge is -2.43. The second-order valence-corrected chi connectivity index (χ2v) is 4.53. The largest absolute Gasteiger partial charge is 0.323 e. The third-order valence-corrected chi connectivity index (χ3v) is 2.79. The van der Waals surface area contributed by atoms with Gasteiger partial charge in [-0.1, -0.05) is 0 Å². The van der Waals surface area contributed by atoms with E-state index in [1.165, 1.54) is 0 Å². The van der Waals surface area contributed by atoms with Gasteiger partial charge in [-0.25, -0.2) is 4.39 Å². The Morgan fingerprint density at radius 2 is 2.08 bits per heavy atom. The molecule has 0 aliphatic carbocycles. The van der Waals surface area contributed by atoms with E-state index < -0.39 is 11.2 Å². The smallest absolute Gasteiger partial charge is 0.140 e. The summed E-state index contributed by atoms with van der Waals surface area (Å²) >= 11 is 0. The van der Waals surface area contributed by atoms with Crippen molar-refractivity contribution in [3.63, 3.8) is 0 Å². The van der Waals surface area contributed by atoms with E-state index in [0.29, 0.717) is 13.0 Å². The van der Waals surface area contributed by atoms with Crippen molar-refractivity contribution in [3.05, 3.63) is 0 Å². The van der Waals surface area contributed by atoms with E-state index in [1.807, 2.05) is 11.9 Å². The van der Waals surface area contributed by atoms with Gasteiger partial charge in [0, 0.05) is 12.1 Å². The van der Waals surface area contributed by atoms with Crippen LogP contribution in [0.2, 0.25) is 0 Å². The van der Waals surface area contributed by atoms with Crippen LogP contribution in [0.1, 0.15) is 26.7 Å². The first kappa shape index (κ1) is 9.93. The summed E-state index contributed by atoms with van der Waals surface area (Å²) in [4.78, 5) is 2.01. The molecule has 0 aromatic heterocycles. The molecule has 72 valence electrons. The summed E-state index contributed by atoms with van der Waals surface area (Å²) in [6.07, 6.45) is 1.51. The topological polar surface area (TPSA) is 29.3 Å². The normalized spacial score (nSPS) is 33.8. The number of piperidine rings is 1. The number of halogens is 1. The van der Waals surface area contributed by atoms with Crippen LogP contribution in [0.5, 0.6) is 0 Å². The van der Waals surface area contributed by atoms with E-state index in [2.05, 4.69) is 0 Å². The van der Waals surface area contributed by atoms with E-state index in [1.54, 1.807) is 13.8 Å². The molecule has 1 saturated heterocycles. The van der Waals surface area contributed by atoms with Crippen molar-refractivity contribution in [2.75, 3.05) is 20.1 Å².